The van der Waals surface area contributed by atoms with Crippen molar-refractivity contribution in [2.45, 2.75) is 57.4 Å². The Bertz CT molecular complexity index is 323. The van der Waals surface area contributed by atoms with Crippen molar-refractivity contribution in [1.29, 1.82) is 0 Å². The van der Waals surface area contributed by atoms with E-state index in [9.17, 15) is 4.79 Å². The lowest BCUT2D eigenvalue weighted by Crippen LogP contribution is -2.50. The molecule has 0 aromatic rings. The van der Waals surface area contributed by atoms with Gasteiger partial charge in [0.1, 0.15) is 5.78 Å². The van der Waals surface area contributed by atoms with Crippen LogP contribution in [0.1, 0.15) is 51.4 Å². The van der Waals surface area contributed by atoms with Crippen molar-refractivity contribution in [3.8, 4) is 0 Å². The summed E-state index contributed by atoms with van der Waals surface area (Å²) in [4.78, 5) is 12.0. The van der Waals surface area contributed by atoms with Gasteiger partial charge in [-0.3, -0.25) is 4.79 Å². The summed E-state index contributed by atoms with van der Waals surface area (Å²) in [5, 5.41) is 3.48. The van der Waals surface area contributed by atoms with Gasteiger partial charge in [0.15, 0.2) is 0 Å². The topological polar surface area (TPSA) is 29.1 Å². The molecule has 2 nitrogen and oxygen atoms in total. The van der Waals surface area contributed by atoms with Crippen LogP contribution in [0.25, 0.3) is 0 Å². The zero-order valence-electron chi connectivity index (χ0n) is 11.2. The molecule has 0 radical (unpaired) electrons. The first-order chi connectivity index (χ1) is 8.79. The third kappa shape index (κ3) is 1.84. The Morgan fingerprint density at radius 3 is 2.28 bits per heavy atom. The Morgan fingerprint density at radius 1 is 1.00 bits per heavy atom. The first-order valence-corrected chi connectivity index (χ1v) is 8.05. The zero-order valence-corrected chi connectivity index (χ0v) is 11.2. The summed E-state index contributed by atoms with van der Waals surface area (Å²) in [7, 11) is 0. The fourth-order valence-corrected chi connectivity index (χ4v) is 5.74. The highest BCUT2D eigenvalue weighted by Crippen LogP contribution is 2.57. The van der Waals surface area contributed by atoms with Gasteiger partial charge in [0.2, 0.25) is 0 Å². The maximum absolute atomic E-state index is 12.0. The molecule has 100 valence electrons. The average Bonchev–Trinajstić information content (AvgIpc) is 2.35. The van der Waals surface area contributed by atoms with Gasteiger partial charge in [0.25, 0.3) is 0 Å². The summed E-state index contributed by atoms with van der Waals surface area (Å²) in [6.45, 7) is 1.06. The second kappa shape index (κ2) is 4.33. The number of carbonyl (C=O) groups is 1. The first-order valence-electron chi connectivity index (χ1n) is 8.05. The molecular formula is C16H25NO. The van der Waals surface area contributed by atoms with E-state index in [1.165, 1.54) is 32.1 Å². The van der Waals surface area contributed by atoms with Crippen molar-refractivity contribution in [1.82, 2.24) is 5.32 Å². The fraction of sp³-hybridized carbons (Fsp3) is 0.938. The molecule has 4 saturated carbocycles. The molecule has 5 rings (SSSR count). The number of rotatable bonds is 2. The third-order valence-corrected chi connectivity index (χ3v) is 6.31. The predicted octanol–water partition coefficient (Wildman–Crippen LogP) is 2.77. The smallest absolute Gasteiger partial charge is 0.149 e. The van der Waals surface area contributed by atoms with Gasteiger partial charge >= 0.3 is 0 Å². The molecule has 2 heteroatoms. The summed E-state index contributed by atoms with van der Waals surface area (Å²) in [5.74, 6) is 5.42. The minimum atomic E-state index is 0.210. The zero-order chi connectivity index (χ0) is 12.1. The van der Waals surface area contributed by atoms with Crippen molar-refractivity contribution in [2.75, 3.05) is 6.54 Å². The van der Waals surface area contributed by atoms with E-state index in [0.717, 1.165) is 55.4 Å². The first kappa shape index (κ1) is 11.5. The SMILES string of the molecule is O=C1CCCNC1CC1C2CC3CC(C2)CC1C3. The van der Waals surface area contributed by atoms with E-state index in [1.54, 1.807) is 0 Å². The standard InChI is InChI=1S/C16H25NO/c18-16-2-1-3-17-15(16)9-14-12-5-10-4-11(7-12)8-13(14)6-10/h10-15,17H,1-9H2. The van der Waals surface area contributed by atoms with Crippen molar-refractivity contribution >= 4 is 5.78 Å². The maximum Gasteiger partial charge on any atom is 0.149 e. The summed E-state index contributed by atoms with van der Waals surface area (Å²) in [5.41, 5.74) is 0. The van der Waals surface area contributed by atoms with Crippen LogP contribution in [0.4, 0.5) is 0 Å². The van der Waals surface area contributed by atoms with Gasteiger partial charge in [0, 0.05) is 6.42 Å². The summed E-state index contributed by atoms with van der Waals surface area (Å²) < 4.78 is 0. The van der Waals surface area contributed by atoms with Crippen LogP contribution in [-0.2, 0) is 4.79 Å². The molecule has 5 aliphatic rings. The van der Waals surface area contributed by atoms with Gasteiger partial charge in [-0.25, -0.2) is 0 Å². The van der Waals surface area contributed by atoms with Crippen LogP contribution in [0.5, 0.6) is 0 Å². The number of hydrogen-bond donors (Lipinski definition) is 1. The number of Topliss-reactive ketones (excluding diaryl/α,β-unsaturated/α-hetero) is 1. The van der Waals surface area contributed by atoms with Crippen LogP contribution in [0.15, 0.2) is 0 Å². The monoisotopic (exact) mass is 247 g/mol. The lowest BCUT2D eigenvalue weighted by Gasteiger charge is -2.55. The molecule has 18 heavy (non-hydrogen) atoms. The highest BCUT2D eigenvalue weighted by molar-refractivity contribution is 5.84. The number of piperidine rings is 1. The Balaban J connectivity index is 1.46. The molecule has 0 amide bonds. The lowest BCUT2D eigenvalue weighted by atomic mass is 9.51. The van der Waals surface area contributed by atoms with Crippen molar-refractivity contribution < 1.29 is 4.79 Å². The van der Waals surface area contributed by atoms with Gasteiger partial charge in [-0.2, -0.15) is 0 Å². The van der Waals surface area contributed by atoms with Crippen LogP contribution in [-0.4, -0.2) is 18.4 Å². The highest BCUT2D eigenvalue weighted by Gasteiger charge is 2.48. The Labute approximate surface area is 110 Å². The minimum absolute atomic E-state index is 0.210. The van der Waals surface area contributed by atoms with E-state index in [1.807, 2.05) is 0 Å². The average molecular weight is 247 g/mol. The quantitative estimate of drug-likeness (QED) is 0.813. The molecule has 1 N–H and O–H groups in total. The molecule has 4 bridgehead atoms. The second-order valence-electron chi connectivity index (χ2n) is 7.41. The van der Waals surface area contributed by atoms with Crippen molar-refractivity contribution in [2.24, 2.45) is 29.6 Å². The third-order valence-electron chi connectivity index (χ3n) is 6.31. The summed E-state index contributed by atoms with van der Waals surface area (Å²) in [6, 6.07) is 0.210. The van der Waals surface area contributed by atoms with Gasteiger partial charge in [-0.1, -0.05) is 0 Å². The Kier molecular flexibility index (Phi) is 2.76. The van der Waals surface area contributed by atoms with Crippen LogP contribution >= 0.6 is 0 Å². The molecule has 1 saturated heterocycles. The van der Waals surface area contributed by atoms with E-state index in [0.29, 0.717) is 5.78 Å². The molecule has 1 atom stereocenters. The van der Waals surface area contributed by atoms with Crippen LogP contribution in [0, 0.1) is 29.6 Å². The molecule has 0 spiro atoms. The van der Waals surface area contributed by atoms with Crippen LogP contribution in [0.3, 0.4) is 0 Å². The molecule has 0 aromatic carbocycles. The van der Waals surface area contributed by atoms with E-state index in [4.69, 9.17) is 0 Å². The molecular weight excluding hydrogens is 222 g/mol. The normalized spacial score (nSPS) is 50.8. The minimum Gasteiger partial charge on any atom is -0.307 e. The van der Waals surface area contributed by atoms with Gasteiger partial charge in [0.05, 0.1) is 6.04 Å². The molecule has 1 unspecified atom stereocenters. The largest absolute Gasteiger partial charge is 0.307 e. The van der Waals surface area contributed by atoms with Gasteiger partial charge in [-0.05, 0) is 81.1 Å². The molecule has 5 fully saturated rings. The van der Waals surface area contributed by atoms with E-state index < -0.39 is 0 Å². The van der Waals surface area contributed by atoms with E-state index in [-0.39, 0.29) is 6.04 Å². The fourth-order valence-electron chi connectivity index (χ4n) is 5.74. The second-order valence-corrected chi connectivity index (χ2v) is 7.41. The number of carbonyl (C=O) groups excluding carboxylic acids is 1. The summed E-state index contributed by atoms with van der Waals surface area (Å²) >= 11 is 0. The maximum atomic E-state index is 12.0. The van der Waals surface area contributed by atoms with Gasteiger partial charge < -0.3 is 5.32 Å². The van der Waals surface area contributed by atoms with Crippen LogP contribution in [0.2, 0.25) is 0 Å². The van der Waals surface area contributed by atoms with Crippen molar-refractivity contribution in [3.63, 3.8) is 0 Å². The highest BCUT2D eigenvalue weighted by atomic mass is 16.1. The van der Waals surface area contributed by atoms with E-state index in [2.05, 4.69) is 5.32 Å². The molecule has 0 aromatic heterocycles. The van der Waals surface area contributed by atoms with Crippen LogP contribution < -0.4 is 5.32 Å². The Morgan fingerprint density at radius 2 is 1.67 bits per heavy atom. The van der Waals surface area contributed by atoms with Gasteiger partial charge in [-0.15, -0.1) is 0 Å². The molecule has 1 heterocycles. The van der Waals surface area contributed by atoms with E-state index >= 15 is 0 Å². The van der Waals surface area contributed by atoms with Crippen molar-refractivity contribution in [3.05, 3.63) is 0 Å². The molecule has 4 aliphatic carbocycles. The molecule has 1 aliphatic heterocycles. The predicted molar refractivity (Wildman–Crippen MR) is 71.2 cm³/mol. The number of hydrogen-bond acceptors (Lipinski definition) is 2. The number of nitrogens with one attached hydrogen (secondary N) is 1. The number of ketones is 1. The summed E-state index contributed by atoms with van der Waals surface area (Å²) in [6.07, 6.45) is 10.5. The lowest BCUT2D eigenvalue weighted by molar-refractivity contribution is -0.124. The Hall–Kier alpha value is -0.370.